The minimum Gasteiger partial charge on any atom is -0.457 e. The summed E-state index contributed by atoms with van der Waals surface area (Å²) < 4.78 is 6.36. The number of carbonyl (C=O) groups excluding carboxylic acids is 1. The first kappa shape index (κ1) is 17.5. The lowest BCUT2D eigenvalue weighted by molar-refractivity contribution is -0.384. The number of fused-ring (bicyclic) bond motifs is 1. The van der Waals surface area contributed by atoms with Crippen LogP contribution in [0.4, 0.5) is 11.4 Å². The Morgan fingerprint density at radius 3 is 2.63 bits per heavy atom. The van der Waals surface area contributed by atoms with Gasteiger partial charge in [-0.15, -0.1) is 0 Å². The number of non-ortho nitro benzene ring substituents is 1. The standard InChI is InChI=1S/C19H10BrClN2O4/c20-16-8-11(23(25)26)2-5-14(16)18-6-3-12(27-18)9-15-13-4-1-10(21)7-17(13)22-19(15)24/h1-9H,(H,22,24). The maximum absolute atomic E-state index is 12.2. The lowest BCUT2D eigenvalue weighted by atomic mass is 10.1. The van der Waals surface area contributed by atoms with Crippen molar-refractivity contribution in [2.75, 3.05) is 5.32 Å². The first-order valence-electron chi connectivity index (χ1n) is 7.79. The topological polar surface area (TPSA) is 85.4 Å². The molecule has 1 aromatic heterocycles. The van der Waals surface area contributed by atoms with E-state index in [4.69, 9.17) is 16.0 Å². The predicted molar refractivity (Wildman–Crippen MR) is 106 cm³/mol. The Hall–Kier alpha value is -2.90. The second kappa shape index (κ2) is 6.68. The average Bonchev–Trinajstić information content (AvgIpc) is 3.19. The van der Waals surface area contributed by atoms with E-state index in [0.717, 1.165) is 5.56 Å². The highest BCUT2D eigenvalue weighted by atomic mass is 79.9. The maximum atomic E-state index is 12.2. The molecule has 4 rings (SSSR count). The Balaban J connectivity index is 1.69. The molecule has 1 amide bonds. The minimum atomic E-state index is -0.463. The number of halogens is 2. The number of hydrogen-bond donors (Lipinski definition) is 1. The van der Waals surface area contributed by atoms with Gasteiger partial charge in [-0.3, -0.25) is 14.9 Å². The molecule has 1 N–H and O–H groups in total. The normalized spacial score (nSPS) is 14.3. The molecular formula is C19H10BrClN2O4. The van der Waals surface area contributed by atoms with E-state index in [1.807, 2.05) is 0 Å². The van der Waals surface area contributed by atoms with Crippen LogP contribution in [0.3, 0.4) is 0 Å². The fraction of sp³-hybridized carbons (Fsp3) is 0. The van der Waals surface area contributed by atoms with Crippen LogP contribution in [-0.2, 0) is 4.79 Å². The molecule has 0 saturated heterocycles. The zero-order chi connectivity index (χ0) is 19.1. The van der Waals surface area contributed by atoms with Crippen LogP contribution in [0.5, 0.6) is 0 Å². The van der Waals surface area contributed by atoms with Crippen LogP contribution in [0.25, 0.3) is 23.0 Å². The van der Waals surface area contributed by atoms with Crippen LogP contribution >= 0.6 is 27.5 Å². The number of furan rings is 1. The van der Waals surface area contributed by atoms with Gasteiger partial charge in [-0.2, -0.15) is 0 Å². The highest BCUT2D eigenvalue weighted by molar-refractivity contribution is 9.10. The van der Waals surface area contributed by atoms with Gasteiger partial charge in [0.05, 0.1) is 16.2 Å². The zero-order valence-corrected chi connectivity index (χ0v) is 15.9. The molecule has 6 nitrogen and oxygen atoms in total. The van der Waals surface area contributed by atoms with Crippen molar-refractivity contribution >= 4 is 56.5 Å². The van der Waals surface area contributed by atoms with Gasteiger partial charge in [0.2, 0.25) is 0 Å². The number of nitro benzene ring substituents is 1. The van der Waals surface area contributed by atoms with Crippen molar-refractivity contribution in [2.24, 2.45) is 0 Å². The Bertz CT molecular complexity index is 1140. The monoisotopic (exact) mass is 444 g/mol. The first-order valence-corrected chi connectivity index (χ1v) is 8.96. The van der Waals surface area contributed by atoms with E-state index < -0.39 is 4.92 Å². The number of rotatable bonds is 3. The molecule has 0 atom stereocenters. The summed E-state index contributed by atoms with van der Waals surface area (Å²) in [6, 6.07) is 13.1. The van der Waals surface area contributed by atoms with Crippen molar-refractivity contribution < 1.29 is 14.1 Å². The Labute approximate surface area is 166 Å². The molecule has 0 aliphatic carbocycles. The summed E-state index contributed by atoms with van der Waals surface area (Å²) in [5, 5.41) is 14.2. The molecule has 8 heteroatoms. The molecule has 0 bridgehead atoms. The van der Waals surface area contributed by atoms with Gasteiger partial charge in [-0.05, 0) is 52.3 Å². The van der Waals surface area contributed by atoms with E-state index in [2.05, 4.69) is 21.2 Å². The lowest BCUT2D eigenvalue weighted by Crippen LogP contribution is -2.03. The molecule has 0 unspecified atom stereocenters. The van der Waals surface area contributed by atoms with Crippen LogP contribution in [0.15, 0.2) is 57.4 Å². The first-order chi connectivity index (χ1) is 12.9. The minimum absolute atomic E-state index is 0.0163. The van der Waals surface area contributed by atoms with E-state index >= 15 is 0 Å². The predicted octanol–water partition coefficient (Wildman–Crippen LogP) is 5.76. The summed E-state index contributed by atoms with van der Waals surface area (Å²) in [6.07, 6.45) is 1.65. The van der Waals surface area contributed by atoms with E-state index in [1.54, 1.807) is 42.5 Å². The number of nitro groups is 1. The maximum Gasteiger partial charge on any atom is 0.270 e. The molecule has 1 aliphatic rings. The van der Waals surface area contributed by atoms with Crippen molar-refractivity contribution in [3.05, 3.63) is 79.5 Å². The number of nitrogens with one attached hydrogen (secondary N) is 1. The highest BCUT2D eigenvalue weighted by Crippen LogP contribution is 2.37. The fourth-order valence-corrected chi connectivity index (χ4v) is 3.58. The zero-order valence-electron chi connectivity index (χ0n) is 13.5. The van der Waals surface area contributed by atoms with E-state index in [-0.39, 0.29) is 11.6 Å². The molecule has 0 saturated carbocycles. The summed E-state index contributed by atoms with van der Waals surface area (Å²) in [5.74, 6) is 0.781. The van der Waals surface area contributed by atoms with Gasteiger partial charge in [0.1, 0.15) is 11.5 Å². The van der Waals surface area contributed by atoms with Crippen molar-refractivity contribution in [1.82, 2.24) is 0 Å². The number of nitrogens with zero attached hydrogens (tertiary/aromatic N) is 1. The number of hydrogen-bond acceptors (Lipinski definition) is 4. The molecule has 0 radical (unpaired) electrons. The average molecular weight is 446 g/mol. The van der Waals surface area contributed by atoms with Gasteiger partial charge in [0.25, 0.3) is 11.6 Å². The summed E-state index contributed by atoms with van der Waals surface area (Å²) in [6.45, 7) is 0. The van der Waals surface area contributed by atoms with Crippen LogP contribution in [0, 0.1) is 10.1 Å². The molecular weight excluding hydrogens is 436 g/mol. The summed E-state index contributed by atoms with van der Waals surface area (Å²) >= 11 is 9.29. The Morgan fingerprint density at radius 1 is 1.11 bits per heavy atom. The summed E-state index contributed by atoms with van der Waals surface area (Å²) in [5.41, 5.74) is 2.54. The molecule has 27 heavy (non-hydrogen) atoms. The van der Waals surface area contributed by atoms with Gasteiger partial charge in [-0.1, -0.05) is 17.7 Å². The van der Waals surface area contributed by atoms with Crippen molar-refractivity contribution in [1.29, 1.82) is 0 Å². The third-order valence-corrected chi connectivity index (χ3v) is 5.00. The number of anilines is 1. The summed E-state index contributed by atoms with van der Waals surface area (Å²) in [4.78, 5) is 22.6. The van der Waals surface area contributed by atoms with Crippen LogP contribution in [-0.4, -0.2) is 10.8 Å². The molecule has 2 heterocycles. The van der Waals surface area contributed by atoms with Crippen molar-refractivity contribution in [3.63, 3.8) is 0 Å². The van der Waals surface area contributed by atoms with Crippen molar-refractivity contribution in [2.45, 2.75) is 0 Å². The lowest BCUT2D eigenvalue weighted by Gasteiger charge is -2.01. The third-order valence-electron chi connectivity index (χ3n) is 4.11. The van der Waals surface area contributed by atoms with Gasteiger partial charge >= 0.3 is 0 Å². The SMILES string of the molecule is O=C1Nc2cc(Cl)ccc2C1=Cc1ccc(-c2ccc([N+](=O)[O-])cc2Br)o1. The molecule has 0 spiro atoms. The molecule has 2 aromatic carbocycles. The third kappa shape index (κ3) is 3.27. The molecule has 0 fully saturated rings. The van der Waals surface area contributed by atoms with Gasteiger partial charge in [-0.25, -0.2) is 0 Å². The second-order valence-electron chi connectivity index (χ2n) is 5.83. The molecule has 134 valence electrons. The fourth-order valence-electron chi connectivity index (χ4n) is 2.84. The van der Waals surface area contributed by atoms with Gasteiger partial charge < -0.3 is 9.73 Å². The largest absolute Gasteiger partial charge is 0.457 e. The quantitative estimate of drug-likeness (QED) is 0.315. The molecule has 3 aromatic rings. The van der Waals surface area contributed by atoms with Gasteiger partial charge in [0.15, 0.2) is 0 Å². The number of amides is 1. The van der Waals surface area contributed by atoms with Crippen LogP contribution < -0.4 is 5.32 Å². The second-order valence-corrected chi connectivity index (χ2v) is 7.12. The van der Waals surface area contributed by atoms with E-state index in [9.17, 15) is 14.9 Å². The number of carbonyl (C=O) groups is 1. The Morgan fingerprint density at radius 2 is 1.89 bits per heavy atom. The van der Waals surface area contributed by atoms with Gasteiger partial charge in [0, 0.05) is 32.8 Å². The number of benzene rings is 2. The smallest absolute Gasteiger partial charge is 0.270 e. The highest BCUT2D eigenvalue weighted by Gasteiger charge is 2.24. The summed E-state index contributed by atoms with van der Waals surface area (Å²) in [7, 11) is 0. The van der Waals surface area contributed by atoms with E-state index in [1.165, 1.54) is 12.1 Å². The van der Waals surface area contributed by atoms with Crippen LogP contribution in [0.1, 0.15) is 11.3 Å². The molecule has 1 aliphatic heterocycles. The van der Waals surface area contributed by atoms with Crippen LogP contribution in [0.2, 0.25) is 5.02 Å². The Kier molecular flexibility index (Phi) is 4.33. The van der Waals surface area contributed by atoms with E-state index in [0.29, 0.717) is 37.8 Å². The van der Waals surface area contributed by atoms with Crippen molar-refractivity contribution in [3.8, 4) is 11.3 Å².